The number of aliphatic hydroxyl groups excluding tert-OH is 1. The third-order valence-electron chi connectivity index (χ3n) is 2.52. The van der Waals surface area contributed by atoms with Crippen LogP contribution >= 0.6 is 0 Å². The first kappa shape index (κ1) is 32.9. The minimum absolute atomic E-state index is 0. The van der Waals surface area contributed by atoms with Gasteiger partial charge >= 0.3 is 0 Å². The third-order valence-corrected chi connectivity index (χ3v) is 2.52. The van der Waals surface area contributed by atoms with Crippen LogP contribution in [0, 0.1) is 0 Å². The average molecular weight is 324 g/mol. The van der Waals surface area contributed by atoms with Crippen molar-refractivity contribution in [2.45, 2.75) is 42.7 Å². The lowest BCUT2D eigenvalue weighted by molar-refractivity contribution is -0.908. The Balaban J connectivity index is -0.000000241. The van der Waals surface area contributed by atoms with Crippen molar-refractivity contribution in [1.82, 2.24) is 5.32 Å². The van der Waals surface area contributed by atoms with E-state index in [4.69, 9.17) is 0 Å². The Bertz CT molecular complexity index is 308. The zero-order valence-electron chi connectivity index (χ0n) is 12.7. The number of nitrogens with one attached hydrogen (secondary N) is 1. The summed E-state index contributed by atoms with van der Waals surface area (Å²) in [5, 5.41) is 12.8. The van der Waals surface area contributed by atoms with Crippen molar-refractivity contribution < 1.29 is 18.9 Å². The first-order chi connectivity index (χ1) is 7.93. The fourth-order valence-corrected chi connectivity index (χ4v) is 1.76. The Hall–Kier alpha value is -0.910. The molecule has 0 bridgehead atoms. The maximum Gasteiger partial charge on any atom is 0.250 e. The van der Waals surface area contributed by atoms with E-state index in [1.54, 1.807) is 6.92 Å². The highest BCUT2D eigenvalue weighted by Gasteiger charge is 2.25. The molecule has 0 aliphatic carbocycles. The van der Waals surface area contributed by atoms with Crippen molar-refractivity contribution in [3.63, 3.8) is 0 Å². The molecule has 0 aromatic rings. The molecule has 0 aliphatic heterocycles. The van der Waals surface area contributed by atoms with Crippen LogP contribution in [0.3, 0.4) is 0 Å². The summed E-state index contributed by atoms with van der Waals surface area (Å²) in [5.74, 6) is -0.137. The minimum atomic E-state index is -0.387. The highest BCUT2D eigenvalue weighted by molar-refractivity contribution is 5.91. The fraction of sp³-hybridized carbons (Fsp3) is 0.824. The molecular weight excluding hydrogens is 278 g/mol. The van der Waals surface area contributed by atoms with Crippen molar-refractivity contribution >= 4 is 5.91 Å². The van der Waals surface area contributed by atoms with Crippen molar-refractivity contribution in [3.8, 4) is 0 Å². The maximum absolute atomic E-state index is 11.4. The SMILES string of the molecule is C.C.C.C.C=C(C)C(=O)NC[N+](C)(C)CC(O)C[N+](C)(C)C. The number of likely N-dealkylation sites (N-methyl/N-ethyl adjacent to an activating group) is 2. The third kappa shape index (κ3) is 17.1. The Labute approximate surface area is 140 Å². The zero-order valence-corrected chi connectivity index (χ0v) is 12.7. The van der Waals surface area contributed by atoms with Gasteiger partial charge in [0.25, 0.3) is 5.91 Å². The van der Waals surface area contributed by atoms with Crippen LogP contribution in [0.25, 0.3) is 0 Å². The number of carbonyl (C=O) groups is 1. The predicted octanol–water partition coefficient (Wildman–Crippen LogP) is 2.32. The van der Waals surface area contributed by atoms with E-state index in [1.165, 1.54) is 0 Å². The van der Waals surface area contributed by atoms with Gasteiger partial charge in [-0.05, 0) is 6.92 Å². The summed E-state index contributed by atoms with van der Waals surface area (Å²) in [6, 6.07) is 0. The zero-order chi connectivity index (χ0) is 14.6. The van der Waals surface area contributed by atoms with E-state index in [9.17, 15) is 9.90 Å². The van der Waals surface area contributed by atoms with Gasteiger partial charge in [0.2, 0.25) is 0 Å². The number of rotatable bonds is 7. The maximum atomic E-state index is 11.4. The van der Waals surface area contributed by atoms with Gasteiger partial charge in [0.1, 0.15) is 13.1 Å². The number of amides is 1. The van der Waals surface area contributed by atoms with Gasteiger partial charge in [-0.2, -0.15) is 0 Å². The summed E-state index contributed by atoms with van der Waals surface area (Å²) in [6.45, 7) is 7.06. The van der Waals surface area contributed by atoms with Crippen LogP contribution in [0.15, 0.2) is 12.2 Å². The van der Waals surface area contributed by atoms with Crippen molar-refractivity contribution in [2.75, 3.05) is 55.0 Å². The van der Waals surface area contributed by atoms with Crippen LogP contribution in [0.2, 0.25) is 0 Å². The van der Waals surface area contributed by atoms with E-state index in [1.807, 2.05) is 35.2 Å². The monoisotopic (exact) mass is 323 g/mol. The van der Waals surface area contributed by atoms with Crippen molar-refractivity contribution in [3.05, 3.63) is 12.2 Å². The molecule has 138 valence electrons. The second-order valence-electron chi connectivity index (χ2n) is 6.69. The molecule has 0 aromatic heterocycles. The molecule has 0 radical (unpaired) electrons. The molecule has 22 heavy (non-hydrogen) atoms. The molecule has 5 heteroatoms. The quantitative estimate of drug-likeness (QED) is 0.429. The Morgan fingerprint density at radius 1 is 1.05 bits per heavy atom. The smallest absolute Gasteiger partial charge is 0.250 e. The van der Waals surface area contributed by atoms with Gasteiger partial charge < -0.3 is 19.4 Å². The molecule has 5 nitrogen and oxygen atoms in total. The Morgan fingerprint density at radius 3 is 1.77 bits per heavy atom. The molecule has 0 aromatic carbocycles. The summed E-state index contributed by atoms with van der Waals surface area (Å²) >= 11 is 0. The van der Waals surface area contributed by atoms with Crippen LogP contribution < -0.4 is 5.32 Å². The first-order valence-electron chi connectivity index (χ1n) is 6.17. The molecule has 0 spiro atoms. The molecule has 0 rings (SSSR count). The summed E-state index contributed by atoms with van der Waals surface area (Å²) in [7, 11) is 10.1. The van der Waals surface area contributed by atoms with Crippen LogP contribution in [0.1, 0.15) is 36.6 Å². The lowest BCUT2D eigenvalue weighted by Gasteiger charge is -2.34. The normalized spacial score (nSPS) is 11.6. The molecular formula is C17H45N3O2+2. The van der Waals surface area contributed by atoms with Gasteiger partial charge in [0.15, 0.2) is 12.8 Å². The Kier molecular flexibility index (Phi) is 18.9. The number of quaternary nitrogens is 2. The lowest BCUT2D eigenvalue weighted by Crippen LogP contribution is -2.55. The summed E-state index contributed by atoms with van der Waals surface area (Å²) in [5.41, 5.74) is 0.502. The Morgan fingerprint density at radius 2 is 1.45 bits per heavy atom. The molecule has 0 aliphatic rings. The number of nitrogens with zero attached hydrogens (tertiary/aromatic N) is 2. The van der Waals surface area contributed by atoms with Gasteiger partial charge in [0, 0.05) is 5.57 Å². The molecule has 0 saturated carbocycles. The van der Waals surface area contributed by atoms with Gasteiger partial charge in [0.05, 0.1) is 35.2 Å². The van der Waals surface area contributed by atoms with E-state index in [0.717, 1.165) is 4.48 Å². The molecule has 1 unspecified atom stereocenters. The molecule has 2 N–H and O–H groups in total. The summed E-state index contributed by atoms with van der Waals surface area (Å²) in [4.78, 5) is 11.4. The van der Waals surface area contributed by atoms with E-state index >= 15 is 0 Å². The number of hydrogen-bond donors (Lipinski definition) is 2. The molecule has 0 heterocycles. The first-order valence-corrected chi connectivity index (χ1v) is 6.17. The lowest BCUT2D eigenvalue weighted by atomic mass is 10.2. The highest BCUT2D eigenvalue weighted by Crippen LogP contribution is 2.02. The molecule has 0 fully saturated rings. The fourth-order valence-electron chi connectivity index (χ4n) is 1.76. The topological polar surface area (TPSA) is 49.3 Å². The van der Waals surface area contributed by atoms with Gasteiger partial charge in [-0.1, -0.05) is 36.3 Å². The second-order valence-corrected chi connectivity index (χ2v) is 6.69. The summed E-state index contributed by atoms with van der Waals surface area (Å²) < 4.78 is 1.26. The molecule has 1 atom stereocenters. The largest absolute Gasteiger partial charge is 0.382 e. The van der Waals surface area contributed by atoms with Crippen molar-refractivity contribution in [2.24, 2.45) is 0 Å². The minimum Gasteiger partial charge on any atom is -0.382 e. The van der Waals surface area contributed by atoms with Crippen LogP contribution in [0.4, 0.5) is 0 Å². The van der Waals surface area contributed by atoms with Gasteiger partial charge in [-0.15, -0.1) is 0 Å². The molecule has 0 saturated heterocycles. The predicted molar refractivity (Wildman–Crippen MR) is 101 cm³/mol. The van der Waals surface area contributed by atoms with Gasteiger partial charge in [-0.3, -0.25) is 4.79 Å². The van der Waals surface area contributed by atoms with Crippen LogP contribution in [-0.2, 0) is 4.79 Å². The van der Waals surface area contributed by atoms with Crippen molar-refractivity contribution in [1.29, 1.82) is 0 Å². The average Bonchev–Trinajstić information content (AvgIpc) is 2.09. The van der Waals surface area contributed by atoms with Crippen LogP contribution in [0.5, 0.6) is 0 Å². The van der Waals surface area contributed by atoms with Gasteiger partial charge in [-0.25, -0.2) is 0 Å². The van der Waals surface area contributed by atoms with E-state index in [2.05, 4.69) is 11.9 Å². The van der Waals surface area contributed by atoms with Crippen LogP contribution in [-0.4, -0.2) is 81.1 Å². The second kappa shape index (κ2) is 12.6. The highest BCUT2D eigenvalue weighted by atomic mass is 16.3. The number of hydrogen-bond acceptors (Lipinski definition) is 2. The standard InChI is InChI=1S/C13H28N3O2.4CH4/c1-11(2)13(18)14-10-16(6,7)9-12(17)8-15(3,4)5;;;;/h12,17H,1,8-10H2,2-7H3;4*1H4/q+1;;;;/p+1. The van der Waals surface area contributed by atoms with E-state index in [-0.39, 0.29) is 41.7 Å². The van der Waals surface area contributed by atoms with E-state index in [0.29, 0.717) is 29.8 Å². The van der Waals surface area contributed by atoms with E-state index < -0.39 is 0 Å². The molecule has 1 amide bonds. The number of carbonyl (C=O) groups excluding carboxylic acids is 1. The summed E-state index contributed by atoms with van der Waals surface area (Å²) in [6.07, 6.45) is -0.387. The number of aliphatic hydroxyl groups is 1.